The zero-order valence-electron chi connectivity index (χ0n) is 7.09. The van der Waals surface area contributed by atoms with Gasteiger partial charge < -0.3 is 10.1 Å². The Morgan fingerprint density at radius 1 is 1.64 bits per heavy atom. The summed E-state index contributed by atoms with van der Waals surface area (Å²) < 4.78 is 5.23. The van der Waals surface area contributed by atoms with E-state index in [9.17, 15) is 4.79 Å². The minimum atomic E-state index is 0.184. The topological polar surface area (TPSA) is 38.3 Å². The summed E-state index contributed by atoms with van der Waals surface area (Å²) in [5, 5.41) is 3.16. The van der Waals surface area contributed by atoms with Gasteiger partial charge in [-0.05, 0) is 12.8 Å². The molecule has 0 aliphatic carbocycles. The third-order valence-electron chi connectivity index (χ3n) is 1.98. The molecule has 0 aromatic heterocycles. The Kier molecular flexibility index (Phi) is 3.02. The van der Waals surface area contributed by atoms with Gasteiger partial charge >= 0.3 is 0 Å². The van der Waals surface area contributed by atoms with E-state index in [0.717, 1.165) is 13.2 Å². The molecule has 1 saturated heterocycles. The van der Waals surface area contributed by atoms with Crippen LogP contribution in [0.3, 0.4) is 0 Å². The number of carbonyl (C=O) groups is 1. The van der Waals surface area contributed by atoms with Crippen molar-refractivity contribution in [3.05, 3.63) is 0 Å². The zero-order chi connectivity index (χ0) is 8.27. The summed E-state index contributed by atoms with van der Waals surface area (Å²) >= 11 is 0. The predicted molar refractivity (Wildman–Crippen MR) is 42.5 cm³/mol. The summed E-state index contributed by atoms with van der Waals surface area (Å²) in [6.07, 6.45) is 0. The Hall–Kier alpha value is -0.410. The Morgan fingerprint density at radius 3 is 2.82 bits per heavy atom. The lowest BCUT2D eigenvalue weighted by Gasteiger charge is -2.13. The van der Waals surface area contributed by atoms with Crippen molar-refractivity contribution in [1.82, 2.24) is 5.32 Å². The molecule has 0 amide bonds. The van der Waals surface area contributed by atoms with E-state index in [2.05, 4.69) is 12.2 Å². The first-order chi connectivity index (χ1) is 5.20. The summed E-state index contributed by atoms with van der Waals surface area (Å²) in [7, 11) is 0. The summed E-state index contributed by atoms with van der Waals surface area (Å²) in [6, 6.07) is 0.374. The van der Waals surface area contributed by atoms with Crippen molar-refractivity contribution in [2.45, 2.75) is 19.9 Å². The van der Waals surface area contributed by atoms with Crippen LogP contribution in [0, 0.1) is 5.92 Å². The van der Waals surface area contributed by atoms with Gasteiger partial charge in [-0.2, -0.15) is 0 Å². The monoisotopic (exact) mass is 157 g/mol. The standard InChI is InChI=1S/C8H15NO2/c1-6-4-11-5-8(6)9-3-7(2)10/h6,8-9H,3-5H2,1-2H3/t6-,8+/m0/s1. The molecule has 11 heavy (non-hydrogen) atoms. The Labute approximate surface area is 67.1 Å². The fourth-order valence-electron chi connectivity index (χ4n) is 1.20. The van der Waals surface area contributed by atoms with Crippen LogP contribution >= 0.6 is 0 Å². The first kappa shape index (κ1) is 8.68. The van der Waals surface area contributed by atoms with Crippen LogP contribution in [0.5, 0.6) is 0 Å². The molecule has 64 valence electrons. The van der Waals surface area contributed by atoms with E-state index in [0.29, 0.717) is 18.5 Å². The molecule has 0 aromatic carbocycles. The van der Waals surface area contributed by atoms with Gasteiger partial charge in [0.2, 0.25) is 0 Å². The molecule has 3 heteroatoms. The number of nitrogens with one attached hydrogen (secondary N) is 1. The highest BCUT2D eigenvalue weighted by Crippen LogP contribution is 2.11. The van der Waals surface area contributed by atoms with E-state index >= 15 is 0 Å². The minimum Gasteiger partial charge on any atom is -0.379 e. The van der Waals surface area contributed by atoms with Crippen LogP contribution in [0.2, 0.25) is 0 Å². The van der Waals surface area contributed by atoms with Gasteiger partial charge in [0.05, 0.1) is 19.8 Å². The van der Waals surface area contributed by atoms with E-state index in [-0.39, 0.29) is 5.78 Å². The average Bonchev–Trinajstić information content (AvgIpc) is 2.31. The van der Waals surface area contributed by atoms with E-state index in [1.807, 2.05) is 0 Å². The number of rotatable bonds is 3. The molecule has 1 fully saturated rings. The molecular formula is C8H15NO2. The van der Waals surface area contributed by atoms with Crippen molar-refractivity contribution >= 4 is 5.78 Å². The summed E-state index contributed by atoms with van der Waals surface area (Å²) in [5.41, 5.74) is 0. The van der Waals surface area contributed by atoms with Crippen LogP contribution in [-0.2, 0) is 9.53 Å². The normalized spacial score (nSPS) is 30.7. The highest BCUT2D eigenvalue weighted by Gasteiger charge is 2.23. The van der Waals surface area contributed by atoms with Crippen molar-refractivity contribution < 1.29 is 9.53 Å². The molecule has 2 atom stereocenters. The quantitative estimate of drug-likeness (QED) is 0.636. The number of ether oxygens (including phenoxy) is 1. The molecule has 1 rings (SSSR count). The van der Waals surface area contributed by atoms with Gasteiger partial charge in [-0.15, -0.1) is 0 Å². The van der Waals surface area contributed by atoms with Crippen LogP contribution in [0.4, 0.5) is 0 Å². The molecule has 1 aliphatic heterocycles. The van der Waals surface area contributed by atoms with Crippen molar-refractivity contribution in [2.24, 2.45) is 5.92 Å². The Morgan fingerprint density at radius 2 is 2.36 bits per heavy atom. The molecular weight excluding hydrogens is 142 g/mol. The lowest BCUT2D eigenvalue weighted by Crippen LogP contribution is -2.37. The van der Waals surface area contributed by atoms with Gasteiger partial charge in [0.25, 0.3) is 0 Å². The number of hydrogen-bond acceptors (Lipinski definition) is 3. The second-order valence-electron chi connectivity index (χ2n) is 3.20. The molecule has 3 nitrogen and oxygen atoms in total. The van der Waals surface area contributed by atoms with Crippen molar-refractivity contribution in [2.75, 3.05) is 19.8 Å². The molecule has 0 radical (unpaired) electrons. The number of Topliss-reactive ketones (excluding diaryl/α,β-unsaturated/α-hetero) is 1. The van der Waals surface area contributed by atoms with Crippen LogP contribution in [0.25, 0.3) is 0 Å². The lowest BCUT2D eigenvalue weighted by molar-refractivity contribution is -0.116. The van der Waals surface area contributed by atoms with E-state index in [4.69, 9.17) is 4.74 Å². The van der Waals surface area contributed by atoms with Gasteiger partial charge in [0, 0.05) is 6.04 Å². The molecule has 0 bridgehead atoms. The van der Waals surface area contributed by atoms with Crippen LogP contribution < -0.4 is 5.32 Å². The number of hydrogen-bond donors (Lipinski definition) is 1. The zero-order valence-corrected chi connectivity index (χ0v) is 7.09. The molecule has 1 aliphatic rings. The fraction of sp³-hybridized carbons (Fsp3) is 0.875. The smallest absolute Gasteiger partial charge is 0.143 e. The summed E-state index contributed by atoms with van der Waals surface area (Å²) in [5.74, 6) is 0.721. The van der Waals surface area contributed by atoms with Gasteiger partial charge in [-0.3, -0.25) is 4.79 Å². The van der Waals surface area contributed by atoms with E-state index < -0.39 is 0 Å². The fourth-order valence-corrected chi connectivity index (χ4v) is 1.20. The molecule has 0 aromatic rings. The number of ketones is 1. The minimum absolute atomic E-state index is 0.184. The van der Waals surface area contributed by atoms with Crippen molar-refractivity contribution in [3.63, 3.8) is 0 Å². The van der Waals surface area contributed by atoms with E-state index in [1.54, 1.807) is 6.92 Å². The van der Waals surface area contributed by atoms with Crippen molar-refractivity contribution in [1.29, 1.82) is 0 Å². The Bertz CT molecular complexity index is 147. The lowest BCUT2D eigenvalue weighted by atomic mass is 10.1. The first-order valence-electron chi connectivity index (χ1n) is 4.00. The third-order valence-corrected chi connectivity index (χ3v) is 1.98. The third kappa shape index (κ3) is 2.60. The second kappa shape index (κ2) is 3.83. The maximum atomic E-state index is 10.6. The summed E-state index contributed by atoms with van der Waals surface area (Å²) in [4.78, 5) is 10.6. The predicted octanol–water partition coefficient (Wildman–Crippen LogP) is 0.200. The highest BCUT2D eigenvalue weighted by molar-refractivity contribution is 5.77. The first-order valence-corrected chi connectivity index (χ1v) is 4.00. The van der Waals surface area contributed by atoms with Gasteiger partial charge in [0.1, 0.15) is 5.78 Å². The van der Waals surface area contributed by atoms with Crippen molar-refractivity contribution in [3.8, 4) is 0 Å². The van der Waals surface area contributed by atoms with Gasteiger partial charge in [-0.1, -0.05) is 6.92 Å². The van der Waals surface area contributed by atoms with Crippen LogP contribution in [0.15, 0.2) is 0 Å². The molecule has 0 unspecified atom stereocenters. The van der Waals surface area contributed by atoms with E-state index in [1.165, 1.54) is 0 Å². The highest BCUT2D eigenvalue weighted by atomic mass is 16.5. The molecule has 0 spiro atoms. The number of carbonyl (C=O) groups excluding carboxylic acids is 1. The van der Waals surface area contributed by atoms with Gasteiger partial charge in [-0.25, -0.2) is 0 Å². The Balaban J connectivity index is 2.20. The molecule has 1 N–H and O–H groups in total. The maximum absolute atomic E-state index is 10.6. The largest absolute Gasteiger partial charge is 0.379 e. The molecule has 1 heterocycles. The van der Waals surface area contributed by atoms with Gasteiger partial charge in [0.15, 0.2) is 0 Å². The summed E-state index contributed by atoms with van der Waals surface area (Å²) in [6.45, 7) is 5.75. The van der Waals surface area contributed by atoms with Crippen LogP contribution in [-0.4, -0.2) is 31.6 Å². The van der Waals surface area contributed by atoms with Crippen LogP contribution in [0.1, 0.15) is 13.8 Å². The second-order valence-corrected chi connectivity index (χ2v) is 3.20. The molecule has 0 saturated carbocycles. The SMILES string of the molecule is CC(=O)CN[C@@H]1COC[C@@H]1C. The maximum Gasteiger partial charge on any atom is 0.143 e. The average molecular weight is 157 g/mol.